The van der Waals surface area contributed by atoms with Gasteiger partial charge in [0.1, 0.15) is 28.5 Å². The van der Waals surface area contributed by atoms with Crippen LogP contribution in [0.1, 0.15) is 25.6 Å². The molecule has 8 heteroatoms. The molecule has 2 unspecified atom stereocenters. The molecule has 39 heavy (non-hydrogen) atoms. The van der Waals surface area contributed by atoms with Gasteiger partial charge in [-0.1, -0.05) is 42.5 Å². The third-order valence-electron chi connectivity index (χ3n) is 7.34. The van der Waals surface area contributed by atoms with E-state index in [1.165, 1.54) is 13.2 Å². The Hall–Kier alpha value is -4.46. The summed E-state index contributed by atoms with van der Waals surface area (Å²) < 4.78 is 26.7. The predicted molar refractivity (Wildman–Crippen MR) is 151 cm³/mol. The molecule has 0 radical (unpaired) electrons. The molecule has 0 spiro atoms. The summed E-state index contributed by atoms with van der Waals surface area (Å²) >= 11 is 0. The average Bonchev–Trinajstić information content (AvgIpc) is 3.48. The lowest BCUT2D eigenvalue weighted by atomic mass is 10.0. The summed E-state index contributed by atoms with van der Waals surface area (Å²) in [6.07, 6.45) is 1.13. The molecule has 1 aliphatic rings. The molecule has 3 aromatic carbocycles. The molecule has 1 N–H and O–H groups in total. The molecule has 2 atom stereocenters. The Bertz CT molecular complexity index is 1680. The summed E-state index contributed by atoms with van der Waals surface area (Å²) in [5.41, 5.74) is 3.69. The van der Waals surface area contributed by atoms with Crippen LogP contribution < -0.4 is 15.0 Å². The molecule has 0 aliphatic carbocycles. The van der Waals surface area contributed by atoms with Gasteiger partial charge in [-0.05, 0) is 49.9 Å². The number of amides is 1. The standard InChI is InChI=1S/C31H29FN4O3/c1-18-13-20(17-36(18)31-30-29(33-19(2)34-31)23-11-7-8-12-25(23)39-30)14-27(37)35-22-15-24(32)28(26(16-22)38-3)21-9-5-4-6-10-21/h4-12,15-16,18,20H,13-14,17H2,1-3H3,(H,35,37). The van der Waals surface area contributed by atoms with Crippen molar-refractivity contribution in [3.63, 3.8) is 0 Å². The summed E-state index contributed by atoms with van der Waals surface area (Å²) in [5, 5.41) is 3.83. The Kier molecular flexibility index (Phi) is 6.38. The van der Waals surface area contributed by atoms with Crippen molar-refractivity contribution in [1.82, 2.24) is 9.97 Å². The van der Waals surface area contributed by atoms with Gasteiger partial charge in [0.05, 0.1) is 12.7 Å². The zero-order valence-electron chi connectivity index (χ0n) is 22.1. The van der Waals surface area contributed by atoms with Crippen molar-refractivity contribution in [3.05, 3.63) is 78.4 Å². The second-order valence-electron chi connectivity index (χ2n) is 10.1. The highest BCUT2D eigenvalue weighted by Crippen LogP contribution is 2.38. The number of hydrogen-bond acceptors (Lipinski definition) is 6. The number of aryl methyl sites for hydroxylation is 1. The largest absolute Gasteiger partial charge is 0.496 e. The lowest BCUT2D eigenvalue weighted by molar-refractivity contribution is -0.116. The van der Waals surface area contributed by atoms with E-state index in [1.54, 1.807) is 6.07 Å². The number of carbonyl (C=O) groups excluding carboxylic acids is 1. The lowest BCUT2D eigenvalue weighted by Crippen LogP contribution is -2.28. The van der Waals surface area contributed by atoms with E-state index in [0.717, 1.165) is 28.7 Å². The van der Waals surface area contributed by atoms with Crippen LogP contribution in [-0.2, 0) is 4.79 Å². The molecule has 1 saturated heterocycles. The molecule has 0 bridgehead atoms. The van der Waals surface area contributed by atoms with Crippen LogP contribution in [0.25, 0.3) is 33.2 Å². The SMILES string of the molecule is COc1cc(NC(=O)CC2CC(C)N(c3nc(C)nc4c3oc3ccccc34)C2)cc(F)c1-c1ccccc1. The Balaban J connectivity index is 1.20. The minimum absolute atomic E-state index is 0.102. The number of benzene rings is 3. The number of fused-ring (bicyclic) bond motifs is 3. The van der Waals surface area contributed by atoms with E-state index in [9.17, 15) is 4.79 Å². The smallest absolute Gasteiger partial charge is 0.224 e. The first-order valence-corrected chi connectivity index (χ1v) is 13.1. The second kappa shape index (κ2) is 10.0. The number of nitrogens with one attached hydrogen (secondary N) is 1. The summed E-state index contributed by atoms with van der Waals surface area (Å²) in [5.74, 6) is 1.28. The number of nitrogens with zero attached hydrogens (tertiary/aromatic N) is 3. The van der Waals surface area contributed by atoms with E-state index >= 15 is 4.39 Å². The second-order valence-corrected chi connectivity index (χ2v) is 10.1. The monoisotopic (exact) mass is 524 g/mol. The summed E-state index contributed by atoms with van der Waals surface area (Å²) in [6.45, 7) is 4.67. The van der Waals surface area contributed by atoms with Gasteiger partial charge in [-0.3, -0.25) is 4.79 Å². The van der Waals surface area contributed by atoms with Gasteiger partial charge in [0, 0.05) is 36.1 Å². The predicted octanol–water partition coefficient (Wildman–Crippen LogP) is 6.74. The van der Waals surface area contributed by atoms with E-state index in [-0.39, 0.29) is 17.9 Å². The number of anilines is 2. The molecule has 2 aromatic heterocycles. The molecule has 198 valence electrons. The molecule has 6 rings (SSSR count). The molecular formula is C31H29FN4O3. The first-order valence-electron chi connectivity index (χ1n) is 13.1. The number of methoxy groups -OCH3 is 1. The van der Waals surface area contributed by atoms with Crippen molar-refractivity contribution in [3.8, 4) is 16.9 Å². The molecule has 7 nitrogen and oxygen atoms in total. The molecule has 3 heterocycles. The number of carbonyl (C=O) groups is 1. The normalized spacial score (nSPS) is 17.2. The van der Waals surface area contributed by atoms with Gasteiger partial charge in [-0.15, -0.1) is 0 Å². The summed E-state index contributed by atoms with van der Waals surface area (Å²) in [6, 6.07) is 20.2. The third-order valence-corrected chi connectivity index (χ3v) is 7.34. The number of ether oxygens (including phenoxy) is 1. The lowest BCUT2D eigenvalue weighted by Gasteiger charge is -2.22. The molecule has 0 saturated carbocycles. The van der Waals surface area contributed by atoms with Crippen molar-refractivity contribution < 1.29 is 18.3 Å². The van der Waals surface area contributed by atoms with E-state index in [2.05, 4.69) is 22.1 Å². The van der Waals surface area contributed by atoms with E-state index in [4.69, 9.17) is 14.1 Å². The average molecular weight is 525 g/mol. The molecule has 1 amide bonds. The van der Waals surface area contributed by atoms with Crippen molar-refractivity contribution >= 4 is 39.5 Å². The number of halogens is 1. The number of furan rings is 1. The van der Waals surface area contributed by atoms with Gasteiger partial charge in [0.2, 0.25) is 5.91 Å². The molecule has 1 aliphatic heterocycles. The third kappa shape index (κ3) is 4.67. The highest BCUT2D eigenvalue weighted by Gasteiger charge is 2.33. The van der Waals surface area contributed by atoms with Gasteiger partial charge in [0.15, 0.2) is 11.4 Å². The van der Waals surface area contributed by atoms with E-state index in [1.807, 2.05) is 61.5 Å². The van der Waals surface area contributed by atoms with Crippen LogP contribution in [0, 0.1) is 18.7 Å². The van der Waals surface area contributed by atoms with E-state index < -0.39 is 5.82 Å². The van der Waals surface area contributed by atoms with Crippen molar-refractivity contribution in [1.29, 1.82) is 0 Å². The van der Waals surface area contributed by atoms with Gasteiger partial charge in [-0.2, -0.15) is 0 Å². The maximum atomic E-state index is 15.1. The Morgan fingerprint density at radius 2 is 1.90 bits per heavy atom. The molecular weight excluding hydrogens is 495 g/mol. The maximum Gasteiger partial charge on any atom is 0.224 e. The fourth-order valence-corrected chi connectivity index (χ4v) is 5.64. The first-order chi connectivity index (χ1) is 18.9. The van der Waals surface area contributed by atoms with Crippen LogP contribution in [0.3, 0.4) is 0 Å². The molecule has 5 aromatic rings. The van der Waals surface area contributed by atoms with Gasteiger partial charge in [0.25, 0.3) is 0 Å². The fourth-order valence-electron chi connectivity index (χ4n) is 5.64. The number of aromatic nitrogens is 2. The zero-order valence-corrected chi connectivity index (χ0v) is 22.1. The number of para-hydroxylation sites is 1. The van der Waals surface area contributed by atoms with Crippen LogP contribution in [-0.4, -0.2) is 35.6 Å². The first kappa shape index (κ1) is 24.9. The highest BCUT2D eigenvalue weighted by molar-refractivity contribution is 6.05. The van der Waals surface area contributed by atoms with Crippen molar-refractivity contribution in [2.24, 2.45) is 5.92 Å². The summed E-state index contributed by atoms with van der Waals surface area (Å²) in [4.78, 5) is 24.6. The van der Waals surface area contributed by atoms with Crippen LogP contribution >= 0.6 is 0 Å². The number of rotatable bonds is 6. The topological polar surface area (TPSA) is 80.5 Å². The molecule has 1 fully saturated rings. The van der Waals surface area contributed by atoms with Crippen molar-refractivity contribution in [2.75, 3.05) is 23.9 Å². The van der Waals surface area contributed by atoms with Gasteiger partial charge in [-0.25, -0.2) is 14.4 Å². The van der Waals surface area contributed by atoms with E-state index in [0.29, 0.717) is 46.9 Å². The van der Waals surface area contributed by atoms with Crippen molar-refractivity contribution in [2.45, 2.75) is 32.7 Å². The van der Waals surface area contributed by atoms with Crippen LogP contribution in [0.5, 0.6) is 5.75 Å². The zero-order chi connectivity index (χ0) is 27.1. The van der Waals surface area contributed by atoms with Crippen LogP contribution in [0.15, 0.2) is 71.1 Å². The summed E-state index contributed by atoms with van der Waals surface area (Å²) in [7, 11) is 1.50. The maximum absolute atomic E-state index is 15.1. The minimum Gasteiger partial charge on any atom is -0.496 e. The Labute approximate surface area is 225 Å². The Morgan fingerprint density at radius 1 is 1.13 bits per heavy atom. The van der Waals surface area contributed by atoms with Gasteiger partial charge >= 0.3 is 0 Å². The Morgan fingerprint density at radius 3 is 2.69 bits per heavy atom. The van der Waals surface area contributed by atoms with Crippen LogP contribution in [0.4, 0.5) is 15.9 Å². The minimum atomic E-state index is -0.453. The fraction of sp³-hybridized carbons (Fsp3) is 0.258. The number of hydrogen-bond donors (Lipinski definition) is 1. The highest BCUT2D eigenvalue weighted by atomic mass is 19.1. The van der Waals surface area contributed by atoms with Gasteiger partial charge < -0.3 is 19.4 Å². The van der Waals surface area contributed by atoms with Crippen LogP contribution in [0.2, 0.25) is 0 Å². The quantitative estimate of drug-likeness (QED) is 0.265.